The van der Waals surface area contributed by atoms with E-state index in [0.29, 0.717) is 11.4 Å². The van der Waals surface area contributed by atoms with Crippen molar-refractivity contribution in [2.45, 2.75) is 19.3 Å². The maximum Gasteiger partial charge on any atom is 0.238 e. The van der Waals surface area contributed by atoms with Gasteiger partial charge in [-0.25, -0.2) is 9.80 Å². The van der Waals surface area contributed by atoms with Crippen molar-refractivity contribution in [1.29, 1.82) is 0 Å². The topological polar surface area (TPSA) is 74.8 Å². The van der Waals surface area contributed by atoms with Crippen LogP contribution in [-0.2, 0) is 24.6 Å². The van der Waals surface area contributed by atoms with Crippen LogP contribution in [0.2, 0.25) is 0 Å². The number of benzene rings is 3. The molecule has 0 radical (unpaired) electrons. The number of carbonyl (C=O) groups excluding carboxylic acids is 4. The number of hydrogen-bond acceptors (Lipinski definition) is 4. The Balaban J connectivity index is 1.45. The van der Waals surface area contributed by atoms with E-state index in [-0.39, 0.29) is 23.6 Å². The number of amides is 4. The van der Waals surface area contributed by atoms with Gasteiger partial charge in [0.2, 0.25) is 23.6 Å². The van der Waals surface area contributed by atoms with E-state index in [2.05, 4.69) is 0 Å². The van der Waals surface area contributed by atoms with Gasteiger partial charge in [0.25, 0.3) is 0 Å². The Hall–Kier alpha value is -4.32. The summed E-state index contributed by atoms with van der Waals surface area (Å²) in [7, 11) is 0. The third-order valence-electron chi connectivity index (χ3n) is 9.14. The number of carbonyl (C=O) groups is 4. The molecule has 0 N–H and O–H groups in total. The normalized spacial score (nSPS) is 31.3. The first-order chi connectivity index (χ1) is 18.4. The molecule has 2 unspecified atom stereocenters. The Morgan fingerprint density at radius 3 is 1.50 bits per heavy atom. The van der Waals surface area contributed by atoms with Crippen LogP contribution < -0.4 is 9.80 Å². The summed E-state index contributed by atoms with van der Waals surface area (Å²) in [4.78, 5) is 59.5. The lowest BCUT2D eigenvalue weighted by atomic mass is 9.45. The highest BCUT2D eigenvalue weighted by molar-refractivity contribution is 6.27. The molecule has 188 valence electrons. The van der Waals surface area contributed by atoms with Crippen LogP contribution in [0.4, 0.5) is 11.4 Å². The van der Waals surface area contributed by atoms with E-state index < -0.39 is 35.0 Å². The lowest BCUT2D eigenvalue weighted by molar-refractivity contribution is -0.140. The number of anilines is 2. The molecule has 5 aliphatic rings. The standard InChI is InChI=1S/C32H26N2O4/c1-18-10-6-8-14-22(18)33-28(35)24-21-16-17-32(26(24)30(33)37,20-12-4-3-5-13-20)27-25(21)29(36)34(31(27)38)23-15-9-7-11-19(23)2/h3-17,21,24-27H,1-2H3/t21?,24-,25-,26-,27+,32?/m1/s1. The van der Waals surface area contributed by atoms with E-state index in [9.17, 15) is 19.2 Å². The molecule has 6 atom stereocenters. The van der Waals surface area contributed by atoms with Crippen LogP contribution in [0.5, 0.6) is 0 Å². The van der Waals surface area contributed by atoms with E-state index in [1.165, 1.54) is 9.80 Å². The van der Waals surface area contributed by atoms with E-state index in [1.54, 1.807) is 12.1 Å². The predicted octanol–water partition coefficient (Wildman–Crippen LogP) is 4.35. The number of imide groups is 2. The molecule has 2 aliphatic heterocycles. The van der Waals surface area contributed by atoms with Crippen molar-refractivity contribution >= 4 is 35.0 Å². The predicted molar refractivity (Wildman–Crippen MR) is 142 cm³/mol. The third-order valence-corrected chi connectivity index (χ3v) is 9.14. The van der Waals surface area contributed by atoms with Crippen molar-refractivity contribution in [2.24, 2.45) is 29.6 Å². The Bertz CT molecular complexity index is 1490. The molecule has 3 aromatic carbocycles. The molecule has 3 aromatic rings. The maximum atomic E-state index is 14.3. The van der Waals surface area contributed by atoms with Crippen LogP contribution in [0.1, 0.15) is 16.7 Å². The van der Waals surface area contributed by atoms with E-state index >= 15 is 0 Å². The summed E-state index contributed by atoms with van der Waals surface area (Å²) in [5.41, 5.74) is 2.42. The summed E-state index contributed by atoms with van der Waals surface area (Å²) in [6, 6.07) is 24.1. The first-order valence-electron chi connectivity index (χ1n) is 13.0. The average molecular weight is 503 g/mol. The minimum atomic E-state index is -1.11. The van der Waals surface area contributed by atoms with Crippen LogP contribution in [-0.4, -0.2) is 23.6 Å². The number of hydrogen-bond donors (Lipinski definition) is 0. The summed E-state index contributed by atoms with van der Waals surface area (Å²) in [6.45, 7) is 3.75. The Kier molecular flexibility index (Phi) is 4.71. The van der Waals surface area contributed by atoms with Gasteiger partial charge in [0, 0.05) is 11.3 Å². The molecule has 6 heteroatoms. The molecule has 0 spiro atoms. The Labute approximate surface area is 220 Å². The highest BCUT2D eigenvalue weighted by Gasteiger charge is 2.75. The average Bonchev–Trinajstić information content (AvgIpc) is 3.37. The fraction of sp³-hybridized carbons (Fsp3) is 0.250. The summed E-state index contributed by atoms with van der Waals surface area (Å²) in [6.07, 6.45) is 3.88. The fourth-order valence-electron chi connectivity index (χ4n) is 7.58. The molecule has 1 saturated carbocycles. The lowest BCUT2D eigenvalue weighted by Gasteiger charge is -2.53. The Morgan fingerprint density at radius 1 is 0.579 bits per heavy atom. The quantitative estimate of drug-likeness (QED) is 0.394. The summed E-state index contributed by atoms with van der Waals surface area (Å²) < 4.78 is 0. The smallest absolute Gasteiger partial charge is 0.238 e. The molecule has 38 heavy (non-hydrogen) atoms. The van der Waals surface area contributed by atoms with Crippen molar-refractivity contribution < 1.29 is 19.2 Å². The summed E-state index contributed by atoms with van der Waals surface area (Å²) in [5, 5.41) is 0. The molecular weight excluding hydrogens is 476 g/mol. The van der Waals surface area contributed by atoms with Crippen LogP contribution in [0, 0.1) is 43.4 Å². The van der Waals surface area contributed by atoms with Gasteiger partial charge >= 0.3 is 0 Å². The van der Waals surface area contributed by atoms with Gasteiger partial charge in [0.05, 0.1) is 35.0 Å². The molecule has 2 heterocycles. The second kappa shape index (κ2) is 7.84. The highest BCUT2D eigenvalue weighted by Crippen LogP contribution is 2.65. The molecule has 6 nitrogen and oxygen atoms in total. The zero-order chi connectivity index (χ0) is 26.3. The van der Waals surface area contributed by atoms with Crippen LogP contribution >= 0.6 is 0 Å². The van der Waals surface area contributed by atoms with Gasteiger partial charge in [-0.15, -0.1) is 0 Å². The van der Waals surface area contributed by atoms with Crippen molar-refractivity contribution in [1.82, 2.24) is 0 Å². The van der Waals surface area contributed by atoms with Gasteiger partial charge in [-0.2, -0.15) is 0 Å². The van der Waals surface area contributed by atoms with Gasteiger partial charge in [0.1, 0.15) is 0 Å². The van der Waals surface area contributed by atoms with Crippen molar-refractivity contribution in [3.05, 3.63) is 108 Å². The zero-order valence-corrected chi connectivity index (χ0v) is 21.1. The number of allylic oxidation sites excluding steroid dienone is 2. The number of nitrogens with zero attached hydrogens (tertiary/aromatic N) is 2. The second-order valence-corrected chi connectivity index (χ2v) is 10.8. The van der Waals surface area contributed by atoms with Gasteiger partial charge in [-0.1, -0.05) is 78.9 Å². The molecule has 2 bridgehead atoms. The van der Waals surface area contributed by atoms with Crippen molar-refractivity contribution in [2.75, 3.05) is 9.80 Å². The first kappa shape index (κ1) is 22.8. The molecular formula is C32H26N2O4. The SMILES string of the molecule is Cc1ccccc1N1C(=O)[C@@H]2C3C=CC(c4ccccc4)([C@@H]2C1=O)[C@H]1C(=O)N(c2ccccc2C)C(=O)[C@H]31. The van der Waals surface area contributed by atoms with E-state index in [0.717, 1.165) is 16.7 Å². The van der Waals surface area contributed by atoms with Gasteiger partial charge in [-0.3, -0.25) is 19.2 Å². The Morgan fingerprint density at radius 2 is 1.03 bits per heavy atom. The van der Waals surface area contributed by atoms with Crippen LogP contribution in [0.25, 0.3) is 0 Å². The molecule has 4 amide bonds. The lowest BCUT2D eigenvalue weighted by Crippen LogP contribution is -2.60. The van der Waals surface area contributed by atoms with Crippen molar-refractivity contribution in [3.8, 4) is 0 Å². The van der Waals surface area contributed by atoms with Gasteiger partial charge < -0.3 is 0 Å². The molecule has 3 aliphatic carbocycles. The first-order valence-corrected chi connectivity index (χ1v) is 13.0. The van der Waals surface area contributed by atoms with Crippen LogP contribution in [0.3, 0.4) is 0 Å². The minimum absolute atomic E-state index is 0.294. The van der Waals surface area contributed by atoms with E-state index in [4.69, 9.17) is 0 Å². The molecule has 0 aromatic heterocycles. The minimum Gasteiger partial charge on any atom is -0.274 e. The van der Waals surface area contributed by atoms with Gasteiger partial charge in [-0.05, 0) is 42.7 Å². The monoisotopic (exact) mass is 502 g/mol. The van der Waals surface area contributed by atoms with Crippen LogP contribution in [0.15, 0.2) is 91.0 Å². The number of rotatable bonds is 3. The van der Waals surface area contributed by atoms with Crippen molar-refractivity contribution in [3.63, 3.8) is 0 Å². The zero-order valence-electron chi connectivity index (χ0n) is 21.1. The molecule has 2 saturated heterocycles. The molecule has 8 rings (SSSR count). The highest BCUT2D eigenvalue weighted by atomic mass is 16.2. The fourth-order valence-corrected chi connectivity index (χ4v) is 7.58. The van der Waals surface area contributed by atoms with E-state index in [1.807, 2.05) is 92.7 Å². The largest absolute Gasteiger partial charge is 0.274 e. The number of para-hydroxylation sites is 2. The molecule has 3 fully saturated rings. The maximum absolute atomic E-state index is 14.3. The number of aryl methyl sites for hydroxylation is 2. The third kappa shape index (κ3) is 2.67. The van der Waals surface area contributed by atoms with Gasteiger partial charge in [0.15, 0.2) is 0 Å². The summed E-state index contributed by atoms with van der Waals surface area (Å²) in [5.74, 6) is -4.73. The summed E-state index contributed by atoms with van der Waals surface area (Å²) >= 11 is 0. The second-order valence-electron chi connectivity index (χ2n) is 10.8.